The summed E-state index contributed by atoms with van der Waals surface area (Å²) in [5.74, 6) is 0.474. The van der Waals surface area contributed by atoms with E-state index in [0.29, 0.717) is 54.5 Å². The maximum absolute atomic E-state index is 14.3. The molecule has 0 N–H and O–H groups in total. The van der Waals surface area contributed by atoms with Gasteiger partial charge in [-0.3, -0.25) is 9.36 Å². The third-order valence-corrected chi connectivity index (χ3v) is 8.63. The molecule has 0 saturated heterocycles. The van der Waals surface area contributed by atoms with Gasteiger partial charge in [-0.25, -0.2) is 14.2 Å². The molecule has 238 valence electrons. The summed E-state index contributed by atoms with van der Waals surface area (Å²) in [6.45, 7) is 1.88. The molecule has 6 rings (SSSR count). The van der Waals surface area contributed by atoms with Gasteiger partial charge in [0.25, 0.3) is 5.56 Å². The van der Waals surface area contributed by atoms with E-state index in [9.17, 15) is 14.0 Å². The normalized spacial score (nSPS) is 14.3. The molecule has 0 unspecified atom stereocenters. The molecule has 1 atom stereocenters. The number of para-hydroxylation sites is 1. The summed E-state index contributed by atoms with van der Waals surface area (Å²) in [6, 6.07) is 27.4. The van der Waals surface area contributed by atoms with Crippen molar-refractivity contribution in [2.24, 2.45) is 4.99 Å². The van der Waals surface area contributed by atoms with E-state index in [4.69, 9.17) is 23.9 Å². The van der Waals surface area contributed by atoms with Crippen molar-refractivity contribution in [2.45, 2.75) is 19.6 Å². The fourth-order valence-corrected chi connectivity index (χ4v) is 6.41. The lowest BCUT2D eigenvalue weighted by Crippen LogP contribution is -2.40. The van der Waals surface area contributed by atoms with E-state index >= 15 is 0 Å². The quantitative estimate of drug-likeness (QED) is 0.181. The molecular weight excluding hydrogens is 619 g/mol. The number of halogens is 1. The van der Waals surface area contributed by atoms with E-state index in [1.165, 1.54) is 36.2 Å². The summed E-state index contributed by atoms with van der Waals surface area (Å²) in [4.78, 5) is 33.4. The second kappa shape index (κ2) is 13.9. The van der Waals surface area contributed by atoms with Gasteiger partial charge in [-0.15, -0.1) is 0 Å². The number of ether oxygens (including phenoxy) is 4. The van der Waals surface area contributed by atoms with Crippen LogP contribution in [0.1, 0.15) is 35.2 Å². The van der Waals surface area contributed by atoms with E-state index in [0.717, 1.165) is 0 Å². The van der Waals surface area contributed by atoms with Gasteiger partial charge in [0.05, 0.1) is 42.7 Å². The Balaban J connectivity index is 1.55. The van der Waals surface area contributed by atoms with Crippen LogP contribution in [0.3, 0.4) is 0 Å². The average Bonchev–Trinajstić information content (AvgIpc) is 3.41. The minimum atomic E-state index is -0.894. The molecule has 0 saturated carbocycles. The van der Waals surface area contributed by atoms with Crippen LogP contribution in [-0.2, 0) is 16.1 Å². The smallest absolute Gasteiger partial charge is 0.338 e. The molecule has 0 spiro atoms. The molecule has 4 aromatic carbocycles. The number of hydrogen-bond acceptors (Lipinski definition) is 8. The lowest BCUT2D eigenvalue weighted by Gasteiger charge is -2.26. The molecule has 0 amide bonds. The Bertz CT molecular complexity index is 2160. The average molecular weight is 651 g/mol. The Labute approximate surface area is 274 Å². The number of thiazole rings is 1. The van der Waals surface area contributed by atoms with Gasteiger partial charge in [0, 0.05) is 16.7 Å². The second-order valence-electron chi connectivity index (χ2n) is 10.5. The van der Waals surface area contributed by atoms with E-state index < -0.39 is 12.0 Å². The first-order chi connectivity index (χ1) is 22.9. The predicted octanol–water partition coefficient (Wildman–Crippen LogP) is 5.67. The molecule has 1 aromatic heterocycles. The van der Waals surface area contributed by atoms with Gasteiger partial charge >= 0.3 is 5.97 Å². The van der Waals surface area contributed by atoms with Crippen molar-refractivity contribution in [2.75, 3.05) is 20.8 Å². The fourth-order valence-electron chi connectivity index (χ4n) is 5.42. The number of rotatable bonds is 10. The summed E-state index contributed by atoms with van der Waals surface area (Å²) < 4.78 is 38.8. The topological polar surface area (TPSA) is 88.4 Å². The van der Waals surface area contributed by atoms with Crippen molar-refractivity contribution in [3.8, 4) is 17.2 Å². The molecule has 8 nitrogen and oxygen atoms in total. The number of methoxy groups -OCH3 is 2. The van der Waals surface area contributed by atoms with Crippen LogP contribution < -0.4 is 29.1 Å². The van der Waals surface area contributed by atoms with Crippen LogP contribution in [0.25, 0.3) is 11.8 Å². The molecule has 0 aliphatic carbocycles. The van der Waals surface area contributed by atoms with Crippen LogP contribution in [0.15, 0.2) is 112 Å². The van der Waals surface area contributed by atoms with Gasteiger partial charge in [-0.2, -0.15) is 0 Å². The van der Waals surface area contributed by atoms with E-state index in [1.807, 2.05) is 48.5 Å². The summed E-state index contributed by atoms with van der Waals surface area (Å²) in [7, 11) is 3.06. The molecule has 0 radical (unpaired) electrons. The minimum absolute atomic E-state index is 0.0153. The highest BCUT2D eigenvalue weighted by Gasteiger charge is 2.35. The number of hydrogen-bond donors (Lipinski definition) is 0. The Kier molecular flexibility index (Phi) is 9.30. The van der Waals surface area contributed by atoms with Gasteiger partial charge in [0.15, 0.2) is 16.3 Å². The Morgan fingerprint density at radius 3 is 2.38 bits per heavy atom. The third kappa shape index (κ3) is 6.32. The van der Waals surface area contributed by atoms with Crippen LogP contribution in [0.5, 0.6) is 17.2 Å². The van der Waals surface area contributed by atoms with Crippen molar-refractivity contribution < 1.29 is 28.1 Å². The van der Waals surface area contributed by atoms with Gasteiger partial charge < -0.3 is 18.9 Å². The van der Waals surface area contributed by atoms with Crippen molar-refractivity contribution in [1.29, 1.82) is 0 Å². The Morgan fingerprint density at radius 2 is 1.64 bits per heavy atom. The minimum Gasteiger partial charge on any atom is -0.493 e. The van der Waals surface area contributed by atoms with Crippen LogP contribution >= 0.6 is 11.3 Å². The number of fused-ring (bicyclic) bond motifs is 1. The summed E-state index contributed by atoms with van der Waals surface area (Å²) in [6.07, 6.45) is 1.72. The molecule has 1 aliphatic rings. The largest absolute Gasteiger partial charge is 0.493 e. The Hall–Kier alpha value is -5.48. The van der Waals surface area contributed by atoms with Crippen LogP contribution in [0, 0.1) is 5.82 Å². The molecule has 5 aromatic rings. The molecule has 47 heavy (non-hydrogen) atoms. The highest BCUT2D eigenvalue weighted by molar-refractivity contribution is 7.07. The number of nitrogens with zero attached hydrogens (tertiary/aromatic N) is 2. The molecule has 2 heterocycles. The standard InChI is InChI=1S/C37H31FN2O6S/c1-4-45-36(42)32-33(23-12-6-5-7-13-23)39-37-40(34(32)25-18-19-29(43-2)30(20-25)44-3)35(41)31(47-37)21-24-14-9-11-17-28(24)46-22-26-15-8-10-16-27(26)38/h5-21,34H,4,22H2,1-3H3/b31-21-/t34-/m1/s1. The first kappa shape index (κ1) is 31.5. The van der Waals surface area contributed by atoms with Crippen LogP contribution in [0.4, 0.5) is 4.39 Å². The van der Waals surface area contributed by atoms with Gasteiger partial charge in [0.1, 0.15) is 18.2 Å². The monoisotopic (exact) mass is 650 g/mol. The predicted molar refractivity (Wildman–Crippen MR) is 178 cm³/mol. The summed E-state index contributed by atoms with van der Waals surface area (Å²) in [5, 5.41) is 0. The summed E-state index contributed by atoms with van der Waals surface area (Å²) in [5.41, 5.74) is 2.62. The van der Waals surface area contributed by atoms with E-state index in [2.05, 4.69) is 0 Å². The van der Waals surface area contributed by atoms with Crippen molar-refractivity contribution in [1.82, 2.24) is 4.57 Å². The molecule has 0 fully saturated rings. The van der Waals surface area contributed by atoms with E-state index in [1.54, 1.807) is 55.5 Å². The lowest BCUT2D eigenvalue weighted by atomic mass is 9.93. The second-order valence-corrected chi connectivity index (χ2v) is 11.5. The van der Waals surface area contributed by atoms with Gasteiger partial charge in [-0.1, -0.05) is 84.1 Å². The van der Waals surface area contributed by atoms with Crippen molar-refractivity contribution in [3.05, 3.63) is 150 Å². The first-order valence-electron chi connectivity index (χ1n) is 14.9. The van der Waals surface area contributed by atoms with Gasteiger partial charge in [0.2, 0.25) is 0 Å². The molecule has 1 aliphatic heterocycles. The fraction of sp³-hybridized carbons (Fsp3) is 0.162. The molecule has 10 heteroatoms. The lowest BCUT2D eigenvalue weighted by molar-refractivity contribution is -0.138. The SMILES string of the molecule is CCOC(=O)C1=C(c2ccccc2)N=c2s/c(=C\c3ccccc3OCc3ccccc3F)c(=O)n2[C@@H]1c1ccc(OC)c(OC)c1. The van der Waals surface area contributed by atoms with Crippen LogP contribution in [0.2, 0.25) is 0 Å². The summed E-state index contributed by atoms with van der Waals surface area (Å²) >= 11 is 1.19. The maximum atomic E-state index is 14.3. The number of carbonyl (C=O) groups is 1. The highest BCUT2D eigenvalue weighted by atomic mass is 32.1. The molecular formula is C37H31FN2O6S. The maximum Gasteiger partial charge on any atom is 0.338 e. The zero-order valence-electron chi connectivity index (χ0n) is 25.9. The first-order valence-corrected chi connectivity index (χ1v) is 15.7. The zero-order chi connectivity index (χ0) is 32.9. The Morgan fingerprint density at radius 1 is 0.915 bits per heavy atom. The number of benzene rings is 4. The number of carbonyl (C=O) groups excluding carboxylic acids is 1. The number of esters is 1. The zero-order valence-corrected chi connectivity index (χ0v) is 26.8. The van der Waals surface area contributed by atoms with Crippen LogP contribution in [-0.4, -0.2) is 31.4 Å². The number of aromatic nitrogens is 1. The van der Waals surface area contributed by atoms with Crippen molar-refractivity contribution >= 4 is 29.1 Å². The van der Waals surface area contributed by atoms with E-state index in [-0.39, 0.29) is 30.2 Å². The highest BCUT2D eigenvalue weighted by Crippen LogP contribution is 2.38. The third-order valence-electron chi connectivity index (χ3n) is 7.64. The van der Waals surface area contributed by atoms with Crippen molar-refractivity contribution in [3.63, 3.8) is 0 Å². The molecule has 0 bridgehead atoms. The van der Waals surface area contributed by atoms with Gasteiger partial charge in [-0.05, 0) is 42.8 Å².